The normalized spacial score (nSPS) is 21.0. The molecular weight excluding hydrogens is 668 g/mol. The molecule has 2 fully saturated rings. The van der Waals surface area contributed by atoms with E-state index >= 15 is 4.39 Å². The van der Waals surface area contributed by atoms with Gasteiger partial charge in [0.2, 0.25) is 0 Å². The minimum Gasteiger partial charge on any atom is -0.489 e. The Morgan fingerprint density at radius 1 is 1.17 bits per heavy atom. The lowest BCUT2D eigenvalue weighted by atomic mass is 9.85. The van der Waals surface area contributed by atoms with Crippen LogP contribution in [0.4, 0.5) is 43.8 Å². The molecule has 0 radical (unpaired) electrons. The average molecular weight is 696 g/mol. The van der Waals surface area contributed by atoms with Crippen molar-refractivity contribution in [2.24, 2.45) is 0 Å². The van der Waals surface area contributed by atoms with Crippen LogP contribution in [-0.2, 0) is 6.18 Å². The molecule has 2 saturated heterocycles. The summed E-state index contributed by atoms with van der Waals surface area (Å²) in [5.41, 5.74) is 7.91. The molecule has 4 N–H and O–H groups in total. The van der Waals surface area contributed by atoms with E-state index in [0.717, 1.165) is 6.07 Å². The zero-order valence-electron chi connectivity index (χ0n) is 25.5. The molecule has 0 aliphatic carbocycles. The van der Waals surface area contributed by atoms with E-state index in [9.17, 15) is 22.0 Å². The van der Waals surface area contributed by atoms with E-state index in [1.54, 1.807) is 22.8 Å². The number of ether oxygens (including phenoxy) is 2. The molecule has 3 aliphatic heterocycles. The van der Waals surface area contributed by atoms with E-state index in [1.807, 2.05) is 0 Å². The summed E-state index contributed by atoms with van der Waals surface area (Å²) in [6, 6.07) is 1.70. The van der Waals surface area contributed by atoms with E-state index in [0.29, 0.717) is 18.5 Å². The number of fused-ring (bicyclic) bond motifs is 1. The first-order valence-corrected chi connectivity index (χ1v) is 15.3. The van der Waals surface area contributed by atoms with Crippen LogP contribution in [0.1, 0.15) is 42.5 Å². The average Bonchev–Trinajstić information content (AvgIpc) is 3.10. The molecule has 1 aromatic carbocycles. The van der Waals surface area contributed by atoms with Crippen LogP contribution in [0, 0.1) is 12.7 Å². The number of nitrogens with zero attached hydrogens (tertiary/aromatic N) is 7. The third-order valence-electron chi connectivity index (χ3n) is 9.25. The number of aromatic nitrogens is 5. The van der Waals surface area contributed by atoms with Crippen molar-refractivity contribution >= 4 is 40.0 Å². The van der Waals surface area contributed by atoms with Crippen LogP contribution >= 0.6 is 11.6 Å². The Bertz CT molecular complexity index is 1970. The molecule has 0 spiro atoms. The second-order valence-corrected chi connectivity index (χ2v) is 12.7. The summed E-state index contributed by atoms with van der Waals surface area (Å²) < 4.78 is 101. The zero-order chi connectivity index (χ0) is 34.3. The monoisotopic (exact) mass is 695 g/mol. The summed E-state index contributed by atoms with van der Waals surface area (Å²) >= 11 is 6.72. The number of alkyl halides is 5. The highest BCUT2D eigenvalue weighted by Crippen LogP contribution is 2.52. The fourth-order valence-electron chi connectivity index (χ4n) is 6.95. The molecule has 254 valence electrons. The molecule has 48 heavy (non-hydrogen) atoms. The van der Waals surface area contributed by atoms with E-state index in [2.05, 4.69) is 25.1 Å². The number of nitrogen functional groups attached to an aromatic ring is 2. The van der Waals surface area contributed by atoms with Gasteiger partial charge in [0, 0.05) is 18.5 Å². The number of anilines is 3. The third kappa shape index (κ3) is 5.14. The third-order valence-corrected chi connectivity index (χ3v) is 9.61. The predicted octanol–water partition coefficient (Wildman–Crippen LogP) is 5.59. The maximum Gasteiger partial charge on any atom is 0.418 e. The lowest BCUT2D eigenvalue weighted by Crippen LogP contribution is -2.59. The number of benzene rings is 1. The highest BCUT2D eigenvalue weighted by atomic mass is 35.5. The zero-order valence-corrected chi connectivity index (χ0v) is 26.3. The quantitative estimate of drug-likeness (QED) is 0.244. The SMILES string of the molecule is Cc1cc(N)nc(-c2c(Cl)c3c4c(nc(OCC56CCN5CC(F)(F)C6)nc4c2F)N(C(C)c2ccnnc2N)CCO3)c1C(F)(F)F. The Labute approximate surface area is 274 Å². The van der Waals surface area contributed by atoms with Gasteiger partial charge in [-0.3, -0.25) is 4.90 Å². The van der Waals surface area contributed by atoms with Crippen LogP contribution in [-0.4, -0.2) is 74.4 Å². The van der Waals surface area contributed by atoms with E-state index < -0.39 is 69.8 Å². The van der Waals surface area contributed by atoms with Gasteiger partial charge in [0.1, 0.15) is 30.4 Å². The van der Waals surface area contributed by atoms with E-state index in [4.69, 9.17) is 32.5 Å². The summed E-state index contributed by atoms with van der Waals surface area (Å²) in [4.78, 5) is 16.1. The van der Waals surface area contributed by atoms with Crippen LogP contribution in [0.5, 0.6) is 11.8 Å². The number of hydrogen-bond donors (Lipinski definition) is 2. The van der Waals surface area contributed by atoms with Crippen molar-refractivity contribution in [3.63, 3.8) is 0 Å². The highest BCUT2D eigenvalue weighted by molar-refractivity contribution is 6.36. The molecule has 3 aliphatic rings. The fraction of sp³-hybridized carbons (Fsp3) is 0.433. The predicted molar refractivity (Wildman–Crippen MR) is 164 cm³/mol. The lowest BCUT2D eigenvalue weighted by Gasteiger charge is -2.46. The maximum absolute atomic E-state index is 16.9. The molecule has 0 bridgehead atoms. The van der Waals surface area contributed by atoms with Gasteiger partial charge in [-0.15, -0.1) is 5.10 Å². The van der Waals surface area contributed by atoms with Crippen LogP contribution in [0.15, 0.2) is 18.3 Å². The molecule has 2 atom stereocenters. The molecule has 0 saturated carbocycles. The number of halogens is 7. The van der Waals surface area contributed by atoms with Gasteiger partial charge in [-0.25, -0.2) is 18.2 Å². The summed E-state index contributed by atoms with van der Waals surface area (Å²) in [5, 5.41) is 7.14. The first-order chi connectivity index (χ1) is 22.6. The van der Waals surface area contributed by atoms with Gasteiger partial charge in [-0.1, -0.05) is 11.6 Å². The molecule has 7 rings (SSSR count). The Hall–Kier alpha value is -4.38. The van der Waals surface area contributed by atoms with Gasteiger partial charge in [-0.05, 0) is 38.0 Å². The van der Waals surface area contributed by atoms with Crippen molar-refractivity contribution in [2.75, 3.05) is 49.2 Å². The smallest absolute Gasteiger partial charge is 0.418 e. The lowest BCUT2D eigenvalue weighted by molar-refractivity contribution is -0.137. The van der Waals surface area contributed by atoms with E-state index in [1.165, 1.54) is 13.1 Å². The highest BCUT2D eigenvalue weighted by Gasteiger charge is 2.60. The van der Waals surface area contributed by atoms with E-state index in [-0.39, 0.29) is 59.9 Å². The van der Waals surface area contributed by atoms with Gasteiger partial charge < -0.3 is 25.8 Å². The van der Waals surface area contributed by atoms with Crippen molar-refractivity contribution < 1.29 is 35.8 Å². The second kappa shape index (κ2) is 11.1. The van der Waals surface area contributed by atoms with Crippen molar-refractivity contribution in [2.45, 2.75) is 50.4 Å². The Balaban J connectivity index is 1.45. The van der Waals surface area contributed by atoms with Crippen molar-refractivity contribution in [1.82, 2.24) is 30.0 Å². The molecule has 11 nitrogen and oxygen atoms in total. The molecular formula is C30H28ClF6N9O2. The minimum absolute atomic E-state index is 0.0523. The van der Waals surface area contributed by atoms with Crippen LogP contribution in [0.3, 0.4) is 0 Å². The first kappa shape index (κ1) is 32.2. The molecule has 2 unspecified atom stereocenters. The summed E-state index contributed by atoms with van der Waals surface area (Å²) in [6.45, 7) is 2.80. The Morgan fingerprint density at radius 2 is 1.94 bits per heavy atom. The largest absolute Gasteiger partial charge is 0.489 e. The number of hydrogen-bond acceptors (Lipinski definition) is 11. The van der Waals surface area contributed by atoms with Crippen LogP contribution < -0.4 is 25.8 Å². The number of nitrogens with two attached hydrogens (primary N) is 2. The topological polar surface area (TPSA) is 141 Å². The molecule has 3 aromatic heterocycles. The first-order valence-electron chi connectivity index (χ1n) is 14.9. The fourth-order valence-corrected chi connectivity index (χ4v) is 7.27. The van der Waals surface area contributed by atoms with Gasteiger partial charge in [0.05, 0.1) is 58.1 Å². The van der Waals surface area contributed by atoms with Crippen molar-refractivity contribution in [3.05, 3.63) is 45.9 Å². The van der Waals surface area contributed by atoms with Crippen LogP contribution in [0.2, 0.25) is 5.02 Å². The number of rotatable bonds is 6. The van der Waals surface area contributed by atoms with Gasteiger partial charge >= 0.3 is 12.2 Å². The summed E-state index contributed by atoms with van der Waals surface area (Å²) in [6.07, 6.45) is -3.53. The Kier molecular flexibility index (Phi) is 7.43. The molecule has 4 aromatic rings. The summed E-state index contributed by atoms with van der Waals surface area (Å²) in [5.74, 6) is -4.49. The number of aryl methyl sites for hydroxylation is 1. The molecule has 18 heteroatoms. The van der Waals surface area contributed by atoms with Gasteiger partial charge in [0.15, 0.2) is 17.4 Å². The van der Waals surface area contributed by atoms with Gasteiger partial charge in [0.25, 0.3) is 5.92 Å². The minimum atomic E-state index is -4.97. The van der Waals surface area contributed by atoms with Crippen LogP contribution in [0.25, 0.3) is 22.2 Å². The molecule has 0 amide bonds. The van der Waals surface area contributed by atoms with Crippen molar-refractivity contribution in [3.8, 4) is 23.0 Å². The maximum atomic E-state index is 16.9. The van der Waals surface area contributed by atoms with Crippen molar-refractivity contribution in [1.29, 1.82) is 0 Å². The Morgan fingerprint density at radius 3 is 2.60 bits per heavy atom. The summed E-state index contributed by atoms with van der Waals surface area (Å²) in [7, 11) is 0. The van der Waals surface area contributed by atoms with Gasteiger partial charge in [-0.2, -0.15) is 28.2 Å². The number of pyridine rings is 1. The standard InChI is InChI=1S/C30H28ClF6N9O2/c1-13-9-16(38)41-22(19(13)30(35,36)37)17-20(31)24-18-23(21(17)32)42-27(48-12-28-4-6-45(28)11-29(33,34)10-28)43-26(18)46(7-8-47-24)14(2)15-3-5-40-44-25(15)39/h3,5,9,14H,4,6-8,10-12H2,1-2H3,(H2,38,41)(H2,39,44). The second-order valence-electron chi connectivity index (χ2n) is 12.3. The molecule has 6 heterocycles.